The molecule has 1 unspecified atom stereocenters. The Kier molecular flexibility index (Phi) is 4.16. The lowest BCUT2D eigenvalue weighted by Gasteiger charge is -2.20. The van der Waals surface area contributed by atoms with Gasteiger partial charge in [-0.25, -0.2) is 4.79 Å². The number of nitrogens with zero attached hydrogens (tertiary/aromatic N) is 2. The average molecular weight is 280 g/mol. The minimum atomic E-state index is -0.410. The van der Waals surface area contributed by atoms with E-state index in [2.05, 4.69) is 19.9 Å². The van der Waals surface area contributed by atoms with Crippen molar-refractivity contribution in [1.82, 2.24) is 10.3 Å². The molecule has 0 saturated carbocycles. The number of ether oxygens (including phenoxy) is 1. The van der Waals surface area contributed by atoms with Crippen molar-refractivity contribution in [3.05, 3.63) is 24.0 Å². The van der Waals surface area contributed by atoms with Crippen molar-refractivity contribution >= 4 is 29.0 Å². The maximum Gasteiger partial charge on any atom is 0.407 e. The number of hydrogen-bond donors (Lipinski definition) is 2. The molecule has 19 heavy (non-hydrogen) atoms. The number of alkyl carbamates (subject to hydrolysis) is 1. The van der Waals surface area contributed by atoms with Gasteiger partial charge in [0.05, 0.1) is 18.8 Å². The molecule has 1 aliphatic heterocycles. The van der Waals surface area contributed by atoms with E-state index >= 15 is 0 Å². The molecule has 1 atom stereocenters. The number of methoxy groups -OCH3 is 1. The molecule has 1 fully saturated rings. The second-order valence-corrected chi connectivity index (χ2v) is 4.74. The van der Waals surface area contributed by atoms with Gasteiger partial charge >= 0.3 is 6.09 Å². The molecule has 7 heteroatoms. The highest BCUT2D eigenvalue weighted by Crippen LogP contribution is 2.23. The normalized spacial score (nSPS) is 18.2. The summed E-state index contributed by atoms with van der Waals surface area (Å²) in [5.74, 6) is 0. The third-order valence-electron chi connectivity index (χ3n) is 3.06. The first-order valence-corrected chi connectivity index (χ1v) is 6.37. The molecule has 6 nitrogen and oxygen atoms in total. The maximum atomic E-state index is 11.2. The summed E-state index contributed by atoms with van der Waals surface area (Å²) in [4.78, 5) is 17.8. The predicted molar refractivity (Wildman–Crippen MR) is 76.3 cm³/mol. The molecule has 1 aromatic heterocycles. The van der Waals surface area contributed by atoms with Gasteiger partial charge in [-0.3, -0.25) is 4.98 Å². The van der Waals surface area contributed by atoms with E-state index in [9.17, 15) is 4.79 Å². The van der Waals surface area contributed by atoms with Gasteiger partial charge in [0.1, 0.15) is 10.7 Å². The monoisotopic (exact) mass is 280 g/mol. The van der Waals surface area contributed by atoms with Crippen LogP contribution in [0.4, 0.5) is 10.5 Å². The summed E-state index contributed by atoms with van der Waals surface area (Å²) in [6.45, 7) is 1.51. The van der Waals surface area contributed by atoms with Crippen molar-refractivity contribution in [2.45, 2.75) is 12.5 Å². The lowest BCUT2D eigenvalue weighted by molar-refractivity contribution is 0.167. The number of carbonyl (C=O) groups is 1. The highest BCUT2D eigenvalue weighted by atomic mass is 32.1. The van der Waals surface area contributed by atoms with Crippen molar-refractivity contribution in [2.24, 2.45) is 5.73 Å². The predicted octanol–water partition coefficient (Wildman–Crippen LogP) is 0.650. The number of carbonyl (C=O) groups excluding carboxylic acids is 1. The smallest absolute Gasteiger partial charge is 0.407 e. The molecule has 1 saturated heterocycles. The zero-order chi connectivity index (χ0) is 13.8. The van der Waals surface area contributed by atoms with Gasteiger partial charge in [0, 0.05) is 19.3 Å². The van der Waals surface area contributed by atoms with E-state index in [4.69, 9.17) is 18.0 Å². The third-order valence-corrected chi connectivity index (χ3v) is 3.25. The largest absolute Gasteiger partial charge is 0.453 e. The number of nitrogens with one attached hydrogen (secondary N) is 1. The summed E-state index contributed by atoms with van der Waals surface area (Å²) in [5.41, 5.74) is 7.20. The van der Waals surface area contributed by atoms with Crippen molar-refractivity contribution in [2.75, 3.05) is 25.1 Å². The Bertz CT molecular complexity index is 494. The van der Waals surface area contributed by atoms with Crippen LogP contribution >= 0.6 is 12.2 Å². The van der Waals surface area contributed by atoms with Gasteiger partial charge in [-0.05, 0) is 18.6 Å². The molecule has 0 aliphatic carbocycles. The van der Waals surface area contributed by atoms with Crippen LogP contribution in [0.5, 0.6) is 0 Å². The Labute approximate surface area is 116 Å². The van der Waals surface area contributed by atoms with Crippen LogP contribution < -0.4 is 16.0 Å². The van der Waals surface area contributed by atoms with Crippen LogP contribution in [0.3, 0.4) is 0 Å². The molecule has 2 heterocycles. The number of rotatable bonds is 3. The summed E-state index contributed by atoms with van der Waals surface area (Å²) in [6, 6.07) is 3.84. The van der Waals surface area contributed by atoms with Crippen LogP contribution in [0, 0.1) is 0 Å². The van der Waals surface area contributed by atoms with E-state index < -0.39 is 6.09 Å². The molecule has 102 valence electrons. The second-order valence-electron chi connectivity index (χ2n) is 4.30. The van der Waals surface area contributed by atoms with Crippen LogP contribution in [0.15, 0.2) is 18.3 Å². The minimum Gasteiger partial charge on any atom is -0.453 e. The number of hydrogen-bond acceptors (Lipinski definition) is 5. The number of nitrogens with two attached hydrogens (primary N) is 1. The molecule has 0 bridgehead atoms. The Morgan fingerprint density at radius 3 is 3.16 bits per heavy atom. The Balaban J connectivity index is 2.09. The SMILES string of the molecule is COC(=O)NC1CCN(c2cccnc2C(N)=S)C1. The maximum absolute atomic E-state index is 11.2. The first kappa shape index (κ1) is 13.5. The fraction of sp³-hybridized carbons (Fsp3) is 0.417. The first-order chi connectivity index (χ1) is 9.11. The fourth-order valence-corrected chi connectivity index (χ4v) is 2.32. The number of amides is 1. The van der Waals surface area contributed by atoms with Gasteiger partial charge in [0.15, 0.2) is 0 Å². The number of thiocarbonyl (C=S) groups is 1. The number of aromatic nitrogens is 1. The summed E-state index contributed by atoms with van der Waals surface area (Å²) in [7, 11) is 1.36. The van der Waals surface area contributed by atoms with Gasteiger partial charge < -0.3 is 20.7 Å². The van der Waals surface area contributed by atoms with E-state index in [-0.39, 0.29) is 11.0 Å². The van der Waals surface area contributed by atoms with Crippen LogP contribution in [0.1, 0.15) is 12.1 Å². The van der Waals surface area contributed by atoms with Gasteiger partial charge in [0.2, 0.25) is 0 Å². The molecular formula is C12H16N4O2S. The fourth-order valence-electron chi connectivity index (χ4n) is 2.16. The van der Waals surface area contributed by atoms with Crippen LogP contribution in [0.25, 0.3) is 0 Å². The van der Waals surface area contributed by atoms with E-state index in [0.29, 0.717) is 12.2 Å². The van der Waals surface area contributed by atoms with Crippen LogP contribution in [-0.4, -0.2) is 42.3 Å². The van der Waals surface area contributed by atoms with Crippen LogP contribution in [-0.2, 0) is 4.74 Å². The van der Waals surface area contributed by atoms with Crippen LogP contribution in [0.2, 0.25) is 0 Å². The molecule has 1 aliphatic rings. The van der Waals surface area contributed by atoms with Crippen molar-refractivity contribution in [3.63, 3.8) is 0 Å². The van der Waals surface area contributed by atoms with E-state index in [1.165, 1.54) is 7.11 Å². The molecule has 0 aromatic carbocycles. The van der Waals surface area contributed by atoms with E-state index in [1.807, 2.05) is 12.1 Å². The first-order valence-electron chi connectivity index (χ1n) is 5.96. The zero-order valence-electron chi connectivity index (χ0n) is 10.6. The molecule has 0 spiro atoms. The molecule has 1 amide bonds. The minimum absolute atomic E-state index is 0.0619. The second kappa shape index (κ2) is 5.83. The topological polar surface area (TPSA) is 80.5 Å². The summed E-state index contributed by atoms with van der Waals surface area (Å²) < 4.78 is 4.59. The van der Waals surface area contributed by atoms with Gasteiger partial charge in [-0.15, -0.1) is 0 Å². The lowest BCUT2D eigenvalue weighted by Crippen LogP contribution is -2.37. The zero-order valence-corrected chi connectivity index (χ0v) is 11.4. The molecule has 0 radical (unpaired) electrons. The molecular weight excluding hydrogens is 264 g/mol. The third kappa shape index (κ3) is 3.11. The Hall–Kier alpha value is -1.89. The van der Waals surface area contributed by atoms with Crippen molar-refractivity contribution in [1.29, 1.82) is 0 Å². The Morgan fingerprint density at radius 1 is 1.68 bits per heavy atom. The number of pyridine rings is 1. The standard InChI is InChI=1S/C12H16N4O2S/c1-18-12(17)15-8-4-6-16(7-8)9-3-2-5-14-10(9)11(13)19/h2-3,5,8H,4,6-7H2,1H3,(H2,13,19)(H,15,17). The molecule has 1 aromatic rings. The summed E-state index contributed by atoms with van der Waals surface area (Å²) in [6.07, 6.45) is 2.10. The highest BCUT2D eigenvalue weighted by molar-refractivity contribution is 7.80. The van der Waals surface area contributed by atoms with E-state index in [0.717, 1.165) is 18.7 Å². The average Bonchev–Trinajstić information content (AvgIpc) is 2.86. The molecule has 2 rings (SSSR count). The highest BCUT2D eigenvalue weighted by Gasteiger charge is 2.26. The summed E-state index contributed by atoms with van der Waals surface area (Å²) >= 11 is 5.00. The summed E-state index contributed by atoms with van der Waals surface area (Å²) in [5, 5.41) is 2.79. The van der Waals surface area contributed by atoms with Crippen molar-refractivity contribution < 1.29 is 9.53 Å². The van der Waals surface area contributed by atoms with Gasteiger partial charge in [0.25, 0.3) is 0 Å². The van der Waals surface area contributed by atoms with Crippen molar-refractivity contribution in [3.8, 4) is 0 Å². The number of anilines is 1. The Morgan fingerprint density at radius 2 is 2.47 bits per heavy atom. The molecule has 3 N–H and O–H groups in total. The van der Waals surface area contributed by atoms with Gasteiger partial charge in [-0.1, -0.05) is 12.2 Å². The van der Waals surface area contributed by atoms with E-state index in [1.54, 1.807) is 6.20 Å². The quantitative estimate of drug-likeness (QED) is 0.791. The lowest BCUT2D eigenvalue weighted by atomic mass is 10.2. The van der Waals surface area contributed by atoms with Gasteiger partial charge in [-0.2, -0.15) is 0 Å².